The predicted molar refractivity (Wildman–Crippen MR) is 107 cm³/mol. The van der Waals surface area contributed by atoms with E-state index in [9.17, 15) is 4.79 Å². The molecule has 2 aromatic heterocycles. The van der Waals surface area contributed by atoms with Gasteiger partial charge in [0.25, 0.3) is 5.91 Å². The zero-order valence-corrected chi connectivity index (χ0v) is 15.8. The van der Waals surface area contributed by atoms with E-state index in [0.717, 1.165) is 48.2 Å². The van der Waals surface area contributed by atoms with Gasteiger partial charge in [-0.1, -0.05) is 30.3 Å². The van der Waals surface area contributed by atoms with Gasteiger partial charge >= 0.3 is 0 Å². The van der Waals surface area contributed by atoms with Crippen LogP contribution in [0.4, 0.5) is 0 Å². The fourth-order valence-corrected chi connectivity index (χ4v) is 3.58. The number of fused-ring (bicyclic) bond motifs is 1. The number of pyridine rings is 1. The summed E-state index contributed by atoms with van der Waals surface area (Å²) in [5.41, 5.74) is 3.16. The van der Waals surface area contributed by atoms with Crippen molar-refractivity contribution in [3.05, 3.63) is 48.2 Å². The minimum Gasteiger partial charge on any atom is -0.348 e. The standard InChI is InChI=1S/C21H25N5O/c1-14(2)26-20-18(13-23-26)17(21(27)24-16-9-6-10-22-12-16)11-19(25-20)15-7-4-3-5-8-15/h3-5,7-8,11,13-14,16,22H,6,9-10,12H2,1-2H3,(H,24,27). The molecule has 3 aromatic rings. The lowest BCUT2D eigenvalue weighted by Crippen LogP contribution is -2.45. The van der Waals surface area contributed by atoms with Gasteiger partial charge in [0, 0.05) is 24.2 Å². The fourth-order valence-electron chi connectivity index (χ4n) is 3.58. The lowest BCUT2D eigenvalue weighted by Gasteiger charge is -2.24. The van der Waals surface area contributed by atoms with Crippen molar-refractivity contribution in [3.8, 4) is 11.3 Å². The van der Waals surface area contributed by atoms with Crippen molar-refractivity contribution in [2.24, 2.45) is 0 Å². The first-order chi connectivity index (χ1) is 13.1. The number of benzene rings is 1. The second-order valence-electron chi connectivity index (χ2n) is 7.36. The van der Waals surface area contributed by atoms with Gasteiger partial charge in [-0.15, -0.1) is 0 Å². The van der Waals surface area contributed by atoms with Crippen molar-refractivity contribution >= 4 is 16.9 Å². The molecule has 140 valence electrons. The lowest BCUT2D eigenvalue weighted by atomic mass is 10.0. The summed E-state index contributed by atoms with van der Waals surface area (Å²) < 4.78 is 1.88. The van der Waals surface area contributed by atoms with Crippen molar-refractivity contribution in [2.45, 2.75) is 38.8 Å². The highest BCUT2D eigenvalue weighted by Gasteiger charge is 2.21. The van der Waals surface area contributed by atoms with Crippen LogP contribution in [-0.4, -0.2) is 39.8 Å². The third-order valence-corrected chi connectivity index (χ3v) is 5.00. The minimum absolute atomic E-state index is 0.0587. The molecule has 0 saturated carbocycles. The van der Waals surface area contributed by atoms with Gasteiger partial charge in [0.2, 0.25) is 0 Å². The van der Waals surface area contributed by atoms with Crippen molar-refractivity contribution in [3.63, 3.8) is 0 Å². The quantitative estimate of drug-likeness (QED) is 0.747. The molecule has 0 aliphatic carbocycles. The van der Waals surface area contributed by atoms with Crippen LogP contribution in [0, 0.1) is 0 Å². The number of carbonyl (C=O) groups is 1. The van der Waals surface area contributed by atoms with Gasteiger partial charge in [-0.25, -0.2) is 9.67 Å². The average Bonchev–Trinajstić information content (AvgIpc) is 3.13. The van der Waals surface area contributed by atoms with Crippen molar-refractivity contribution in [1.82, 2.24) is 25.4 Å². The van der Waals surface area contributed by atoms with Crippen molar-refractivity contribution in [1.29, 1.82) is 0 Å². The van der Waals surface area contributed by atoms with E-state index in [-0.39, 0.29) is 18.0 Å². The van der Waals surface area contributed by atoms with Gasteiger partial charge in [-0.05, 0) is 39.3 Å². The van der Waals surface area contributed by atoms with E-state index in [0.29, 0.717) is 5.56 Å². The molecule has 2 N–H and O–H groups in total. The van der Waals surface area contributed by atoms with Crippen LogP contribution in [0.1, 0.15) is 43.1 Å². The normalized spacial score (nSPS) is 17.4. The first-order valence-corrected chi connectivity index (χ1v) is 9.59. The highest BCUT2D eigenvalue weighted by Crippen LogP contribution is 2.26. The van der Waals surface area contributed by atoms with Crippen LogP contribution < -0.4 is 10.6 Å². The number of aromatic nitrogens is 3. The Kier molecular flexibility index (Phi) is 4.90. The van der Waals surface area contributed by atoms with Crippen LogP contribution in [0.25, 0.3) is 22.3 Å². The molecule has 6 heteroatoms. The maximum absolute atomic E-state index is 13.1. The number of rotatable bonds is 4. The third kappa shape index (κ3) is 3.57. The average molecular weight is 363 g/mol. The predicted octanol–water partition coefficient (Wildman–Crippen LogP) is 3.16. The van der Waals surface area contributed by atoms with Crippen LogP contribution in [0.5, 0.6) is 0 Å². The molecule has 1 aromatic carbocycles. The SMILES string of the molecule is CC(C)n1ncc2c(C(=O)NC3CCCNC3)cc(-c3ccccc3)nc21. The Morgan fingerprint density at radius 3 is 2.81 bits per heavy atom. The maximum Gasteiger partial charge on any atom is 0.252 e. The Morgan fingerprint density at radius 2 is 2.11 bits per heavy atom. The Bertz CT molecular complexity index is 942. The molecule has 1 atom stereocenters. The van der Waals surface area contributed by atoms with E-state index in [1.165, 1.54) is 0 Å². The number of hydrogen-bond acceptors (Lipinski definition) is 4. The Hall–Kier alpha value is -2.73. The molecule has 1 aliphatic rings. The zero-order chi connectivity index (χ0) is 18.8. The number of piperidine rings is 1. The second kappa shape index (κ2) is 7.48. The van der Waals surface area contributed by atoms with Crippen LogP contribution in [0.15, 0.2) is 42.6 Å². The summed E-state index contributed by atoms with van der Waals surface area (Å²) in [7, 11) is 0. The Morgan fingerprint density at radius 1 is 1.30 bits per heavy atom. The Balaban J connectivity index is 1.79. The highest BCUT2D eigenvalue weighted by atomic mass is 16.1. The summed E-state index contributed by atoms with van der Waals surface area (Å²) >= 11 is 0. The summed E-state index contributed by atoms with van der Waals surface area (Å²) in [4.78, 5) is 17.9. The molecule has 27 heavy (non-hydrogen) atoms. The maximum atomic E-state index is 13.1. The molecule has 1 amide bonds. The number of amides is 1. The van der Waals surface area contributed by atoms with E-state index >= 15 is 0 Å². The Labute approximate surface area is 159 Å². The molecule has 3 heterocycles. The molecular weight excluding hydrogens is 338 g/mol. The number of carbonyl (C=O) groups excluding carboxylic acids is 1. The van der Waals surface area contributed by atoms with Crippen LogP contribution in [0.2, 0.25) is 0 Å². The van der Waals surface area contributed by atoms with E-state index in [1.54, 1.807) is 6.20 Å². The topological polar surface area (TPSA) is 71.8 Å². The zero-order valence-electron chi connectivity index (χ0n) is 15.8. The smallest absolute Gasteiger partial charge is 0.252 e. The third-order valence-electron chi connectivity index (χ3n) is 5.00. The van der Waals surface area contributed by atoms with Gasteiger partial charge in [0.15, 0.2) is 5.65 Å². The minimum atomic E-state index is -0.0587. The molecule has 0 radical (unpaired) electrons. The van der Waals surface area contributed by atoms with E-state index in [2.05, 4.69) is 29.6 Å². The van der Waals surface area contributed by atoms with Crippen molar-refractivity contribution < 1.29 is 4.79 Å². The van der Waals surface area contributed by atoms with E-state index < -0.39 is 0 Å². The number of nitrogens with one attached hydrogen (secondary N) is 2. The summed E-state index contributed by atoms with van der Waals surface area (Å²) in [6.45, 7) is 5.97. The summed E-state index contributed by atoms with van der Waals surface area (Å²) in [5, 5.41) is 11.8. The molecule has 1 fully saturated rings. The van der Waals surface area contributed by atoms with E-state index in [4.69, 9.17) is 4.98 Å². The van der Waals surface area contributed by atoms with Gasteiger partial charge in [0.1, 0.15) is 0 Å². The lowest BCUT2D eigenvalue weighted by molar-refractivity contribution is 0.0932. The molecule has 0 spiro atoms. The monoisotopic (exact) mass is 363 g/mol. The van der Waals surface area contributed by atoms with Crippen LogP contribution in [0.3, 0.4) is 0 Å². The second-order valence-corrected chi connectivity index (χ2v) is 7.36. The summed E-state index contributed by atoms with van der Waals surface area (Å²) in [5.74, 6) is -0.0587. The largest absolute Gasteiger partial charge is 0.348 e. The van der Waals surface area contributed by atoms with E-state index in [1.807, 2.05) is 41.1 Å². The first kappa shape index (κ1) is 17.7. The van der Waals surface area contributed by atoms with Gasteiger partial charge in [0.05, 0.1) is 22.8 Å². The van der Waals surface area contributed by atoms with Crippen LogP contribution >= 0.6 is 0 Å². The molecule has 1 unspecified atom stereocenters. The molecule has 6 nitrogen and oxygen atoms in total. The van der Waals surface area contributed by atoms with Gasteiger partial charge < -0.3 is 10.6 Å². The molecule has 0 bridgehead atoms. The molecule has 1 aliphatic heterocycles. The number of nitrogens with zero attached hydrogens (tertiary/aromatic N) is 3. The van der Waals surface area contributed by atoms with Gasteiger partial charge in [-0.2, -0.15) is 5.10 Å². The summed E-state index contributed by atoms with van der Waals surface area (Å²) in [6, 6.07) is 12.2. The molecular formula is C21H25N5O. The summed E-state index contributed by atoms with van der Waals surface area (Å²) in [6.07, 6.45) is 3.84. The fraction of sp³-hybridized carbons (Fsp3) is 0.381. The van der Waals surface area contributed by atoms with Crippen LogP contribution in [-0.2, 0) is 0 Å². The number of hydrogen-bond donors (Lipinski definition) is 2. The molecule has 1 saturated heterocycles. The highest BCUT2D eigenvalue weighted by molar-refractivity contribution is 6.06. The van der Waals surface area contributed by atoms with Crippen molar-refractivity contribution in [2.75, 3.05) is 13.1 Å². The first-order valence-electron chi connectivity index (χ1n) is 9.59. The van der Waals surface area contributed by atoms with Gasteiger partial charge in [-0.3, -0.25) is 4.79 Å². The molecule has 4 rings (SSSR count).